The maximum Gasteiger partial charge on any atom is 0.343 e. The van der Waals surface area contributed by atoms with Crippen molar-refractivity contribution in [2.75, 3.05) is 0 Å². The van der Waals surface area contributed by atoms with Gasteiger partial charge < -0.3 is 10.2 Å². The third-order valence-electron chi connectivity index (χ3n) is 1.16. The van der Waals surface area contributed by atoms with Crippen LogP contribution in [0.2, 0.25) is 0 Å². The molecule has 2 N–H and O–H groups in total. The number of halogens is 5. The van der Waals surface area contributed by atoms with Crippen LogP contribution in [0.1, 0.15) is 6.92 Å². The van der Waals surface area contributed by atoms with Crippen molar-refractivity contribution in [2.45, 2.75) is 12.4 Å². The number of aliphatic carboxylic acids is 1. The van der Waals surface area contributed by atoms with Gasteiger partial charge in [-0.05, 0) is 11.8 Å². The van der Waals surface area contributed by atoms with Crippen molar-refractivity contribution < 1.29 is 43.3 Å². The van der Waals surface area contributed by atoms with Gasteiger partial charge in [0, 0.05) is 6.92 Å². The van der Waals surface area contributed by atoms with E-state index in [9.17, 15) is 9.59 Å². The lowest BCUT2D eigenvalue weighted by Crippen LogP contribution is -2.16. The molecule has 0 aromatic heterocycles. The first kappa shape index (κ1) is 36.2. The van der Waals surface area contributed by atoms with Crippen LogP contribution in [0.15, 0.2) is 36.4 Å². The van der Waals surface area contributed by atoms with E-state index in [1.165, 1.54) is 6.92 Å². The first-order valence-electron chi connectivity index (χ1n) is 4.12. The van der Waals surface area contributed by atoms with Gasteiger partial charge in [0.15, 0.2) is 5.12 Å². The van der Waals surface area contributed by atoms with Crippen molar-refractivity contribution in [3.8, 4) is 0 Å². The van der Waals surface area contributed by atoms with E-state index in [0.717, 1.165) is 0 Å². The lowest BCUT2D eigenvalue weighted by molar-refractivity contribution is -0.142. The molecule has 1 aromatic carbocycles. The molecule has 0 radical (unpaired) electrons. The van der Waals surface area contributed by atoms with E-state index in [4.69, 9.17) is 10.2 Å². The summed E-state index contributed by atoms with van der Waals surface area (Å²) >= 11 is 0.380. The van der Waals surface area contributed by atoms with Gasteiger partial charge in [-0.2, -0.15) is 0 Å². The van der Waals surface area contributed by atoms with E-state index >= 15 is 0 Å². The Labute approximate surface area is 116 Å². The zero-order chi connectivity index (χ0) is 11.7. The minimum Gasteiger partial charge on any atom is -0.479 e. The number of hydrogen-bond donors (Lipinski definition) is 2. The van der Waals surface area contributed by atoms with Gasteiger partial charge in [0.25, 0.3) is 0 Å². The molecule has 20 heavy (non-hydrogen) atoms. The number of hydrogen-bond acceptors (Lipinski definition) is 4. The summed E-state index contributed by atoms with van der Waals surface area (Å²) in [5.74, 6) is -1.39. The zero-order valence-electron chi connectivity index (χ0n) is 10.2. The average molecular weight is 328 g/mol. The Morgan fingerprint density at radius 2 is 1.10 bits per heavy atom. The maximum absolute atomic E-state index is 10.1. The fraction of sp³-hybridized carbons (Fsp3) is 0.200. The number of carbonyl (C=O) groups is 2. The molecule has 1 rings (SSSR count). The van der Waals surface area contributed by atoms with Crippen LogP contribution in [-0.2, 0) is 9.59 Å². The number of carboxylic acid groups (broad SMARTS) is 1. The molecular weight excluding hydrogens is 311 g/mol. The van der Waals surface area contributed by atoms with Crippen molar-refractivity contribution in [3.63, 3.8) is 0 Å². The lowest BCUT2D eigenvalue weighted by atomic mass is 10.4. The van der Waals surface area contributed by atoms with E-state index in [2.05, 4.69) is 0 Å². The molecule has 1 atom stereocenters. The van der Waals surface area contributed by atoms with Crippen molar-refractivity contribution in [1.82, 2.24) is 0 Å². The molecule has 0 saturated heterocycles. The summed E-state index contributed by atoms with van der Waals surface area (Å²) < 4.78 is 0. The number of rotatable bonds is 2. The number of carbonyl (C=O) groups excluding carboxylic acids is 1. The Kier molecular flexibility index (Phi) is 40.7. The molecule has 0 heterocycles. The number of aliphatic hydroxyl groups excluding tert-OH is 1. The summed E-state index contributed by atoms with van der Waals surface area (Å²) in [6.45, 7) is 1.19. The fourth-order valence-corrected chi connectivity index (χ4v) is 1.01. The highest BCUT2D eigenvalue weighted by Crippen LogP contribution is 2.07. The van der Waals surface area contributed by atoms with E-state index in [1.54, 1.807) is 0 Å². The fourth-order valence-electron chi connectivity index (χ4n) is 0.593. The van der Waals surface area contributed by atoms with Crippen LogP contribution < -0.4 is 0 Å². The quantitative estimate of drug-likeness (QED) is 0.642. The highest BCUT2D eigenvalue weighted by molar-refractivity contribution is 8.14. The number of carboxylic acids is 1. The maximum atomic E-state index is 10.1. The minimum absolute atomic E-state index is 0. The Bertz CT molecular complexity index is 289. The normalized spacial score (nSPS) is 8.10. The first-order chi connectivity index (χ1) is 7.04. The van der Waals surface area contributed by atoms with Gasteiger partial charge in [0.2, 0.25) is 5.44 Å². The van der Waals surface area contributed by atoms with Gasteiger partial charge in [-0.25, -0.2) is 4.79 Å². The average Bonchev–Trinajstić information content (AvgIpc) is 2.20. The predicted molar refractivity (Wildman–Crippen MR) is 70.9 cm³/mol. The monoisotopic (exact) mass is 328 g/mol. The summed E-state index contributed by atoms with van der Waals surface area (Å²) in [5.41, 5.74) is -1.62. The Balaban J connectivity index is -0.0000000405. The Hall–Kier alpha value is -1.68. The molecule has 0 aliphatic heterocycles. The van der Waals surface area contributed by atoms with Gasteiger partial charge in [0.05, 0.1) is 0 Å². The summed E-state index contributed by atoms with van der Waals surface area (Å²) in [7, 11) is 0. The van der Waals surface area contributed by atoms with Gasteiger partial charge in [-0.3, -0.25) is 28.3 Å². The summed E-state index contributed by atoms with van der Waals surface area (Å²) in [5, 5.41) is 16.0. The van der Waals surface area contributed by atoms with Gasteiger partial charge >= 0.3 is 5.97 Å². The SMILES string of the molecule is CC(=O)SC(O)C(=O)O.F.F.F.F.F.c1ccccc1. The summed E-state index contributed by atoms with van der Waals surface area (Å²) in [6, 6.07) is 12.0. The predicted octanol–water partition coefficient (Wildman–Crippen LogP) is 2.12. The molecule has 0 amide bonds. The molecule has 10 heteroatoms. The molecule has 0 bridgehead atoms. The topological polar surface area (TPSA) is 74.6 Å². The van der Waals surface area contributed by atoms with E-state index < -0.39 is 16.5 Å². The van der Waals surface area contributed by atoms with Crippen LogP contribution in [0.4, 0.5) is 23.5 Å². The van der Waals surface area contributed by atoms with Crippen LogP contribution in [0.3, 0.4) is 0 Å². The third kappa shape index (κ3) is 25.2. The molecule has 1 unspecified atom stereocenters. The molecule has 122 valence electrons. The molecule has 1 aromatic rings. The molecule has 0 spiro atoms. The lowest BCUT2D eigenvalue weighted by Gasteiger charge is -1.98. The van der Waals surface area contributed by atoms with Crippen LogP contribution in [0.25, 0.3) is 0 Å². The second kappa shape index (κ2) is 22.5. The molecule has 0 fully saturated rings. The summed E-state index contributed by atoms with van der Waals surface area (Å²) in [6.07, 6.45) is 0. The molecule has 0 saturated carbocycles. The highest BCUT2D eigenvalue weighted by atomic mass is 32.2. The van der Waals surface area contributed by atoms with Crippen LogP contribution in [-0.4, -0.2) is 26.7 Å². The molecular formula is C10H17F5O4S. The zero-order valence-corrected chi connectivity index (χ0v) is 11.0. The Morgan fingerprint density at radius 3 is 1.20 bits per heavy atom. The van der Waals surface area contributed by atoms with Crippen molar-refractivity contribution in [1.29, 1.82) is 0 Å². The smallest absolute Gasteiger partial charge is 0.343 e. The van der Waals surface area contributed by atoms with Crippen molar-refractivity contribution in [2.24, 2.45) is 0 Å². The van der Waals surface area contributed by atoms with Crippen molar-refractivity contribution in [3.05, 3.63) is 36.4 Å². The highest BCUT2D eigenvalue weighted by Gasteiger charge is 2.15. The van der Waals surface area contributed by atoms with Crippen LogP contribution >= 0.6 is 11.8 Å². The Morgan fingerprint density at radius 1 is 0.850 bits per heavy atom. The van der Waals surface area contributed by atoms with Gasteiger partial charge in [0.1, 0.15) is 0 Å². The molecule has 0 aliphatic rings. The number of aliphatic hydroxyl groups is 1. The molecule has 0 aliphatic carbocycles. The second-order valence-corrected chi connectivity index (χ2v) is 3.71. The van der Waals surface area contributed by atoms with Gasteiger partial charge in [-0.1, -0.05) is 36.4 Å². The van der Waals surface area contributed by atoms with E-state index in [-0.39, 0.29) is 23.5 Å². The second-order valence-electron chi connectivity index (χ2n) is 2.45. The van der Waals surface area contributed by atoms with Gasteiger partial charge in [-0.15, -0.1) is 0 Å². The number of benzene rings is 1. The van der Waals surface area contributed by atoms with Crippen LogP contribution in [0, 0.1) is 0 Å². The van der Waals surface area contributed by atoms with E-state index in [0.29, 0.717) is 11.8 Å². The largest absolute Gasteiger partial charge is 0.479 e. The standard InChI is InChI=1S/C6H6.C4H6O4S.5FH/c1-2-4-6-5-3-1;1-2(5)9-4(8)3(6)7;;;;;/h1-6H;4,8H,1H3,(H,6,7);5*1H. The molecule has 4 nitrogen and oxygen atoms in total. The van der Waals surface area contributed by atoms with Crippen LogP contribution in [0.5, 0.6) is 0 Å². The third-order valence-corrected chi connectivity index (χ3v) is 1.91. The first-order valence-corrected chi connectivity index (χ1v) is 5.00. The van der Waals surface area contributed by atoms with Crippen molar-refractivity contribution >= 4 is 22.8 Å². The van der Waals surface area contributed by atoms with E-state index in [1.807, 2.05) is 36.4 Å². The summed E-state index contributed by atoms with van der Waals surface area (Å²) in [4.78, 5) is 19.9. The number of thioether (sulfide) groups is 1. The minimum atomic E-state index is -1.62.